The maximum atomic E-state index is 11.2. The number of ether oxygens (including phenoxy) is 1. The molecule has 3 aromatic rings. The number of unbranched alkanes of at least 4 members (excludes halogenated alkanes) is 1. The van der Waals surface area contributed by atoms with Crippen LogP contribution in [0.3, 0.4) is 0 Å². The number of fused-ring (bicyclic) bond motifs is 1. The van der Waals surface area contributed by atoms with Crippen molar-refractivity contribution in [1.29, 1.82) is 0 Å². The molecular weight excluding hydrogens is 344 g/mol. The van der Waals surface area contributed by atoms with Gasteiger partial charge in [-0.2, -0.15) is 0 Å². The molecule has 6 heteroatoms. The van der Waals surface area contributed by atoms with Crippen LogP contribution in [0.2, 0.25) is 5.02 Å². The minimum atomic E-state index is -0.374. The Balaban J connectivity index is 1.42. The van der Waals surface area contributed by atoms with Crippen molar-refractivity contribution in [2.75, 3.05) is 12.4 Å². The second-order valence-corrected chi connectivity index (χ2v) is 6.79. The highest BCUT2D eigenvalue weighted by atomic mass is 35.5. The number of hydrogen-bond donors (Lipinski definition) is 1. The molecule has 0 radical (unpaired) electrons. The van der Waals surface area contributed by atoms with Crippen molar-refractivity contribution in [2.45, 2.75) is 17.9 Å². The minimum absolute atomic E-state index is 0.374. The molecule has 0 saturated carbocycles. The van der Waals surface area contributed by atoms with Gasteiger partial charge in [-0.15, -0.1) is 11.8 Å². The highest BCUT2D eigenvalue weighted by Crippen LogP contribution is 2.24. The summed E-state index contributed by atoms with van der Waals surface area (Å²) < 4.78 is 5.81. The van der Waals surface area contributed by atoms with E-state index < -0.39 is 0 Å². The molecule has 0 saturated heterocycles. The molecule has 1 heterocycles. The van der Waals surface area contributed by atoms with Crippen molar-refractivity contribution in [1.82, 2.24) is 9.97 Å². The third-order valence-corrected chi connectivity index (χ3v) is 5.01. The van der Waals surface area contributed by atoms with Crippen molar-refractivity contribution in [2.24, 2.45) is 0 Å². The van der Waals surface area contributed by atoms with E-state index in [1.807, 2.05) is 18.2 Å². The third kappa shape index (κ3) is 4.52. The van der Waals surface area contributed by atoms with E-state index in [4.69, 9.17) is 16.3 Å². The van der Waals surface area contributed by atoms with Crippen LogP contribution in [0.5, 0.6) is 5.75 Å². The smallest absolute Gasteiger partial charge is 0.345 e. The lowest BCUT2D eigenvalue weighted by Crippen LogP contribution is -2.10. The largest absolute Gasteiger partial charge is 0.494 e. The first-order valence-electron chi connectivity index (χ1n) is 7.71. The van der Waals surface area contributed by atoms with E-state index in [-0.39, 0.29) is 5.69 Å². The molecule has 124 valence electrons. The number of aromatic nitrogens is 2. The summed E-state index contributed by atoms with van der Waals surface area (Å²) in [7, 11) is 0. The molecule has 0 bridgehead atoms. The van der Waals surface area contributed by atoms with Crippen LogP contribution in [0.4, 0.5) is 0 Å². The van der Waals surface area contributed by atoms with E-state index in [2.05, 4.69) is 34.2 Å². The summed E-state index contributed by atoms with van der Waals surface area (Å²) in [5.41, 5.74) is -0.374. The number of rotatable bonds is 7. The first kappa shape index (κ1) is 16.9. The number of benzene rings is 2. The van der Waals surface area contributed by atoms with Gasteiger partial charge in [-0.25, -0.2) is 9.78 Å². The maximum Gasteiger partial charge on any atom is 0.345 e. The van der Waals surface area contributed by atoms with E-state index in [0.29, 0.717) is 16.7 Å². The molecule has 2 aromatic carbocycles. The Kier molecular flexibility index (Phi) is 5.77. The Morgan fingerprint density at radius 3 is 2.83 bits per heavy atom. The SMILES string of the molecule is O=c1ncc(Cl)c(SCCCCOc2ccc3ccccc3c2)[nH]1. The van der Waals surface area contributed by atoms with E-state index in [1.165, 1.54) is 28.7 Å². The van der Waals surface area contributed by atoms with E-state index in [1.54, 1.807) is 0 Å². The lowest BCUT2D eigenvalue weighted by molar-refractivity contribution is 0.310. The average molecular weight is 361 g/mol. The maximum absolute atomic E-state index is 11.2. The van der Waals surface area contributed by atoms with Gasteiger partial charge in [0.25, 0.3) is 0 Å². The third-order valence-electron chi connectivity index (χ3n) is 3.51. The zero-order chi connectivity index (χ0) is 16.8. The molecule has 1 aromatic heterocycles. The van der Waals surface area contributed by atoms with Gasteiger partial charge in [-0.3, -0.25) is 4.98 Å². The van der Waals surface area contributed by atoms with Crippen molar-refractivity contribution >= 4 is 34.1 Å². The second kappa shape index (κ2) is 8.22. The van der Waals surface area contributed by atoms with Gasteiger partial charge in [0, 0.05) is 0 Å². The van der Waals surface area contributed by atoms with Gasteiger partial charge in [-0.1, -0.05) is 41.9 Å². The second-order valence-electron chi connectivity index (χ2n) is 5.28. The van der Waals surface area contributed by atoms with Crippen LogP contribution in [0, 0.1) is 0 Å². The Hall–Kier alpha value is -1.98. The number of nitrogens with one attached hydrogen (secondary N) is 1. The van der Waals surface area contributed by atoms with Gasteiger partial charge < -0.3 is 4.74 Å². The highest BCUT2D eigenvalue weighted by Gasteiger charge is 2.03. The monoisotopic (exact) mass is 360 g/mol. The number of thioether (sulfide) groups is 1. The summed E-state index contributed by atoms with van der Waals surface area (Å²) in [4.78, 5) is 17.4. The Morgan fingerprint density at radius 2 is 1.96 bits per heavy atom. The molecule has 0 fully saturated rings. The van der Waals surface area contributed by atoms with Gasteiger partial charge in [0.2, 0.25) is 0 Å². The predicted molar refractivity (Wildman–Crippen MR) is 99.3 cm³/mol. The number of H-pyrrole nitrogens is 1. The van der Waals surface area contributed by atoms with Crippen molar-refractivity contribution in [3.63, 3.8) is 0 Å². The summed E-state index contributed by atoms with van der Waals surface area (Å²) in [6.45, 7) is 0.666. The molecule has 0 unspecified atom stereocenters. The fourth-order valence-corrected chi connectivity index (χ4v) is 3.46. The molecule has 24 heavy (non-hydrogen) atoms. The van der Waals surface area contributed by atoms with Gasteiger partial charge in [0.15, 0.2) is 0 Å². The molecule has 3 rings (SSSR count). The average Bonchev–Trinajstić information content (AvgIpc) is 2.60. The molecule has 0 aliphatic carbocycles. The molecule has 1 N–H and O–H groups in total. The Morgan fingerprint density at radius 1 is 1.12 bits per heavy atom. The van der Waals surface area contributed by atoms with E-state index >= 15 is 0 Å². The van der Waals surface area contributed by atoms with Crippen molar-refractivity contribution in [3.8, 4) is 5.75 Å². The molecule has 0 aliphatic rings. The Labute approximate surface area is 149 Å². The molecule has 0 atom stereocenters. The lowest BCUT2D eigenvalue weighted by Gasteiger charge is -2.07. The van der Waals surface area contributed by atoms with Crippen LogP contribution in [0.1, 0.15) is 12.8 Å². The van der Waals surface area contributed by atoms with Crippen molar-refractivity contribution < 1.29 is 4.74 Å². The van der Waals surface area contributed by atoms with Crippen LogP contribution in [0.15, 0.2) is 58.5 Å². The van der Waals surface area contributed by atoms with Crippen LogP contribution < -0.4 is 10.4 Å². The Bertz CT molecular complexity index is 882. The van der Waals surface area contributed by atoms with Gasteiger partial charge in [0.1, 0.15) is 5.75 Å². The van der Waals surface area contributed by atoms with Crippen LogP contribution in [-0.2, 0) is 0 Å². The minimum Gasteiger partial charge on any atom is -0.494 e. The van der Waals surface area contributed by atoms with Crippen LogP contribution >= 0.6 is 23.4 Å². The standard InChI is InChI=1S/C18H17ClN2O2S/c19-16-12-20-18(22)21-17(16)24-10-4-3-9-23-15-8-7-13-5-1-2-6-14(13)11-15/h1-2,5-8,11-12H,3-4,9-10H2,(H,20,21,22). The van der Waals surface area contributed by atoms with Crippen LogP contribution in [0.25, 0.3) is 10.8 Å². The summed E-state index contributed by atoms with van der Waals surface area (Å²) in [6.07, 6.45) is 3.29. The van der Waals surface area contributed by atoms with Gasteiger partial charge in [-0.05, 0) is 41.5 Å². The zero-order valence-corrected chi connectivity index (χ0v) is 14.6. The van der Waals surface area contributed by atoms with E-state index in [9.17, 15) is 4.79 Å². The topological polar surface area (TPSA) is 55.0 Å². The van der Waals surface area contributed by atoms with E-state index in [0.717, 1.165) is 24.3 Å². The highest BCUT2D eigenvalue weighted by molar-refractivity contribution is 7.99. The van der Waals surface area contributed by atoms with Gasteiger partial charge >= 0.3 is 5.69 Å². The van der Waals surface area contributed by atoms with Crippen LogP contribution in [-0.4, -0.2) is 22.3 Å². The molecule has 0 amide bonds. The fraction of sp³-hybridized carbons (Fsp3) is 0.222. The van der Waals surface area contributed by atoms with Crippen molar-refractivity contribution in [3.05, 3.63) is 64.2 Å². The lowest BCUT2D eigenvalue weighted by atomic mass is 10.1. The number of halogens is 1. The number of aromatic amines is 1. The summed E-state index contributed by atoms with van der Waals surface area (Å²) >= 11 is 7.51. The fourth-order valence-electron chi connectivity index (χ4n) is 2.29. The first-order chi connectivity index (χ1) is 11.7. The first-order valence-corrected chi connectivity index (χ1v) is 9.08. The summed E-state index contributed by atoms with van der Waals surface area (Å²) in [6, 6.07) is 14.4. The van der Waals surface area contributed by atoms with Gasteiger partial charge in [0.05, 0.1) is 22.9 Å². The predicted octanol–water partition coefficient (Wildman–Crippen LogP) is 4.53. The summed E-state index contributed by atoms with van der Waals surface area (Å²) in [5.74, 6) is 1.75. The zero-order valence-electron chi connectivity index (χ0n) is 13.0. The quantitative estimate of drug-likeness (QED) is 0.382. The molecule has 4 nitrogen and oxygen atoms in total. The molecule has 0 aliphatic heterocycles. The normalized spacial score (nSPS) is 10.9. The molecular formula is C18H17ClN2O2S. The molecule has 0 spiro atoms. The number of hydrogen-bond acceptors (Lipinski definition) is 4. The summed E-state index contributed by atoms with van der Waals surface area (Å²) in [5, 5.41) is 3.55. The number of nitrogens with zero attached hydrogens (tertiary/aromatic N) is 1.